The number of hydrogen-bond acceptors (Lipinski definition) is 4. The average molecular weight is 264 g/mol. The monoisotopic (exact) mass is 264 g/mol. The van der Waals surface area contributed by atoms with Gasteiger partial charge in [0.05, 0.1) is 13.2 Å². The minimum Gasteiger partial charge on any atom is -0.492 e. The van der Waals surface area contributed by atoms with E-state index >= 15 is 0 Å². The highest BCUT2D eigenvalue weighted by atomic mass is 16.5. The number of nitrogens with one attached hydrogen (secondary N) is 1. The van der Waals surface area contributed by atoms with Crippen LogP contribution < -0.4 is 10.1 Å². The maximum atomic E-state index is 5.83. The lowest BCUT2D eigenvalue weighted by molar-refractivity contribution is -0.00514. The van der Waals surface area contributed by atoms with E-state index in [-0.39, 0.29) is 0 Å². The maximum Gasteiger partial charge on any atom is 0.119 e. The van der Waals surface area contributed by atoms with Gasteiger partial charge in [-0.2, -0.15) is 0 Å². The summed E-state index contributed by atoms with van der Waals surface area (Å²) in [6.07, 6.45) is 0. The molecule has 1 aliphatic rings. The number of nitrogens with zero attached hydrogens (tertiary/aromatic N) is 1. The molecule has 0 spiro atoms. The zero-order valence-electron chi connectivity index (χ0n) is 11.9. The van der Waals surface area contributed by atoms with Crippen LogP contribution in [0.4, 0.5) is 0 Å². The lowest BCUT2D eigenvalue weighted by Crippen LogP contribution is -2.45. The van der Waals surface area contributed by atoms with Crippen LogP contribution in [-0.4, -0.2) is 50.9 Å². The van der Waals surface area contributed by atoms with Crippen LogP contribution >= 0.6 is 0 Å². The average Bonchev–Trinajstić information content (AvgIpc) is 2.42. The van der Waals surface area contributed by atoms with E-state index in [1.165, 1.54) is 5.56 Å². The van der Waals surface area contributed by atoms with Gasteiger partial charge in [0.2, 0.25) is 0 Å². The van der Waals surface area contributed by atoms with Crippen molar-refractivity contribution in [1.29, 1.82) is 0 Å². The molecule has 1 heterocycles. The third-order valence-electron chi connectivity index (χ3n) is 3.43. The molecule has 0 aliphatic carbocycles. The molecule has 106 valence electrons. The van der Waals surface area contributed by atoms with Gasteiger partial charge in [0.15, 0.2) is 0 Å². The molecule has 0 bridgehead atoms. The summed E-state index contributed by atoms with van der Waals surface area (Å²) in [5.74, 6) is 0.952. The van der Waals surface area contributed by atoms with Gasteiger partial charge in [-0.25, -0.2) is 0 Å². The summed E-state index contributed by atoms with van der Waals surface area (Å²) in [5, 5.41) is 3.15. The Labute approximate surface area is 115 Å². The van der Waals surface area contributed by atoms with E-state index < -0.39 is 0 Å². The van der Waals surface area contributed by atoms with Crippen molar-refractivity contribution in [3.63, 3.8) is 0 Å². The number of benzene rings is 1. The van der Waals surface area contributed by atoms with Crippen LogP contribution in [0, 0.1) is 0 Å². The molecule has 1 aromatic rings. The highest BCUT2D eigenvalue weighted by Crippen LogP contribution is 2.13. The fraction of sp³-hybridized carbons (Fsp3) is 0.600. The smallest absolute Gasteiger partial charge is 0.119 e. The predicted molar refractivity (Wildman–Crippen MR) is 76.6 cm³/mol. The van der Waals surface area contributed by atoms with E-state index in [1.54, 1.807) is 0 Å². The molecule has 0 amide bonds. The zero-order chi connectivity index (χ0) is 13.5. The first-order chi connectivity index (χ1) is 9.29. The lowest BCUT2D eigenvalue weighted by Gasteiger charge is -2.32. The van der Waals surface area contributed by atoms with Crippen LogP contribution in [0.15, 0.2) is 24.3 Å². The van der Waals surface area contributed by atoms with Crippen molar-refractivity contribution in [2.24, 2.45) is 0 Å². The molecule has 1 aromatic carbocycles. The largest absolute Gasteiger partial charge is 0.492 e. The van der Waals surface area contributed by atoms with Crippen molar-refractivity contribution in [2.45, 2.75) is 19.5 Å². The minimum atomic E-state index is 0.493. The molecule has 0 aromatic heterocycles. The van der Waals surface area contributed by atoms with Crippen molar-refractivity contribution < 1.29 is 9.47 Å². The number of rotatable bonds is 6. The predicted octanol–water partition coefficient (Wildman–Crippen LogP) is 1.51. The number of hydrogen-bond donors (Lipinski definition) is 1. The number of morpholine rings is 1. The van der Waals surface area contributed by atoms with Crippen LogP contribution in [0.2, 0.25) is 0 Å². The van der Waals surface area contributed by atoms with E-state index in [0.717, 1.165) is 45.2 Å². The molecule has 0 radical (unpaired) electrons. The van der Waals surface area contributed by atoms with Crippen molar-refractivity contribution in [3.8, 4) is 5.75 Å². The quantitative estimate of drug-likeness (QED) is 0.844. The normalized spacial score (nSPS) is 20.4. The molecule has 19 heavy (non-hydrogen) atoms. The summed E-state index contributed by atoms with van der Waals surface area (Å²) in [4.78, 5) is 2.42. The molecular weight excluding hydrogens is 240 g/mol. The van der Waals surface area contributed by atoms with Gasteiger partial charge < -0.3 is 14.8 Å². The van der Waals surface area contributed by atoms with Crippen molar-refractivity contribution in [3.05, 3.63) is 29.8 Å². The highest BCUT2D eigenvalue weighted by Gasteiger charge is 2.17. The zero-order valence-corrected chi connectivity index (χ0v) is 11.9. The molecule has 2 rings (SSSR count). The molecule has 1 unspecified atom stereocenters. The summed E-state index contributed by atoms with van der Waals surface area (Å²) < 4.78 is 11.3. The Kier molecular flexibility index (Phi) is 5.63. The first-order valence-electron chi connectivity index (χ1n) is 6.97. The topological polar surface area (TPSA) is 33.7 Å². The van der Waals surface area contributed by atoms with E-state index in [9.17, 15) is 0 Å². The summed E-state index contributed by atoms with van der Waals surface area (Å²) >= 11 is 0. The third kappa shape index (κ3) is 4.49. The SMILES string of the molecule is CNCc1cccc(OCCN2CCOCC2C)c1. The van der Waals surface area contributed by atoms with Gasteiger partial charge in [0, 0.05) is 25.7 Å². The summed E-state index contributed by atoms with van der Waals surface area (Å²) in [5.41, 5.74) is 1.25. The van der Waals surface area contributed by atoms with Crippen molar-refractivity contribution in [2.75, 3.05) is 40.0 Å². The van der Waals surface area contributed by atoms with Crippen LogP contribution in [0.25, 0.3) is 0 Å². The van der Waals surface area contributed by atoms with Crippen LogP contribution in [0.5, 0.6) is 5.75 Å². The molecule has 4 heteroatoms. The molecule has 1 aliphatic heterocycles. The molecule has 1 fully saturated rings. The van der Waals surface area contributed by atoms with E-state index in [2.05, 4.69) is 29.3 Å². The molecule has 1 saturated heterocycles. The fourth-order valence-corrected chi connectivity index (χ4v) is 2.32. The van der Waals surface area contributed by atoms with E-state index in [1.807, 2.05) is 19.2 Å². The Balaban J connectivity index is 1.77. The van der Waals surface area contributed by atoms with Gasteiger partial charge in [-0.05, 0) is 31.7 Å². The molecule has 4 nitrogen and oxygen atoms in total. The van der Waals surface area contributed by atoms with Gasteiger partial charge >= 0.3 is 0 Å². The fourth-order valence-electron chi connectivity index (χ4n) is 2.32. The van der Waals surface area contributed by atoms with Gasteiger partial charge in [0.1, 0.15) is 12.4 Å². The first kappa shape index (κ1) is 14.3. The second-order valence-electron chi connectivity index (χ2n) is 4.99. The standard InChI is InChI=1S/C15H24N2O2/c1-13-12-18-8-6-17(13)7-9-19-15-5-3-4-14(10-15)11-16-2/h3-5,10,13,16H,6-9,11-12H2,1-2H3. The Morgan fingerprint density at radius 3 is 3.16 bits per heavy atom. The van der Waals surface area contributed by atoms with E-state index in [0.29, 0.717) is 6.04 Å². The van der Waals surface area contributed by atoms with E-state index in [4.69, 9.17) is 9.47 Å². The summed E-state index contributed by atoms with van der Waals surface area (Å²) in [7, 11) is 1.95. The van der Waals surface area contributed by atoms with Gasteiger partial charge in [-0.1, -0.05) is 12.1 Å². The molecule has 1 atom stereocenters. The summed E-state index contributed by atoms with van der Waals surface area (Å²) in [6, 6.07) is 8.75. The Hall–Kier alpha value is -1.10. The van der Waals surface area contributed by atoms with Crippen molar-refractivity contribution in [1.82, 2.24) is 10.2 Å². The molecule has 0 saturated carbocycles. The van der Waals surface area contributed by atoms with Gasteiger partial charge in [-0.3, -0.25) is 4.90 Å². The van der Waals surface area contributed by atoms with Crippen LogP contribution in [-0.2, 0) is 11.3 Å². The maximum absolute atomic E-state index is 5.83. The second kappa shape index (κ2) is 7.48. The molecule has 1 N–H and O–H groups in total. The third-order valence-corrected chi connectivity index (χ3v) is 3.43. The Bertz CT molecular complexity index is 384. The lowest BCUT2D eigenvalue weighted by atomic mass is 10.2. The Morgan fingerprint density at radius 1 is 1.47 bits per heavy atom. The van der Waals surface area contributed by atoms with Gasteiger partial charge in [0.25, 0.3) is 0 Å². The van der Waals surface area contributed by atoms with Gasteiger partial charge in [-0.15, -0.1) is 0 Å². The van der Waals surface area contributed by atoms with Crippen LogP contribution in [0.3, 0.4) is 0 Å². The Morgan fingerprint density at radius 2 is 2.37 bits per heavy atom. The second-order valence-corrected chi connectivity index (χ2v) is 4.99. The highest BCUT2D eigenvalue weighted by molar-refractivity contribution is 5.28. The first-order valence-corrected chi connectivity index (χ1v) is 6.97. The van der Waals surface area contributed by atoms with Crippen molar-refractivity contribution >= 4 is 0 Å². The minimum absolute atomic E-state index is 0.493. The summed E-state index contributed by atoms with van der Waals surface area (Å²) in [6.45, 7) is 7.43. The number of ether oxygens (including phenoxy) is 2. The molecular formula is C15H24N2O2. The van der Waals surface area contributed by atoms with Crippen LogP contribution in [0.1, 0.15) is 12.5 Å².